The highest BCUT2D eigenvalue weighted by Gasteiger charge is 2.71. The molecule has 5 aliphatic rings. The van der Waals surface area contributed by atoms with Gasteiger partial charge >= 0.3 is 18.0 Å². The van der Waals surface area contributed by atoms with E-state index in [1.54, 1.807) is 18.7 Å². The fourth-order valence-corrected chi connectivity index (χ4v) is 12.8. The second kappa shape index (κ2) is 14.0. The van der Waals surface area contributed by atoms with Gasteiger partial charge in [-0.25, -0.2) is 4.79 Å². The summed E-state index contributed by atoms with van der Waals surface area (Å²) >= 11 is 0. The molecule has 0 saturated heterocycles. The molecule has 0 bridgehead atoms. The molecule has 10 heteroatoms. The molecule has 0 aromatic heterocycles. The summed E-state index contributed by atoms with van der Waals surface area (Å²) in [5, 5.41) is 15.3. The van der Waals surface area contributed by atoms with Crippen molar-refractivity contribution in [2.24, 2.45) is 56.2 Å². The van der Waals surface area contributed by atoms with Crippen LogP contribution in [-0.2, 0) is 23.9 Å². The number of likely N-dealkylation sites (N-methyl/N-ethyl adjacent to an activating group) is 1. The average Bonchev–Trinajstić information content (AvgIpc) is 3.34. The van der Waals surface area contributed by atoms with Crippen LogP contribution in [0.3, 0.4) is 0 Å². The first-order valence-electron chi connectivity index (χ1n) is 20.4. The zero-order valence-electron chi connectivity index (χ0n) is 34.8. The van der Waals surface area contributed by atoms with Crippen molar-refractivity contribution >= 4 is 29.7 Å². The Labute approximate surface area is 318 Å². The third-order valence-electron chi connectivity index (χ3n) is 15.7. The molecule has 8 atom stereocenters. The van der Waals surface area contributed by atoms with Gasteiger partial charge in [0, 0.05) is 38.0 Å². The zero-order chi connectivity index (χ0) is 39.7. The van der Waals surface area contributed by atoms with E-state index >= 15 is 0 Å². The van der Waals surface area contributed by atoms with Crippen molar-refractivity contribution in [2.45, 2.75) is 153 Å². The normalized spacial score (nSPS) is 36.2. The number of amides is 3. The Balaban J connectivity index is 1.41. The number of ether oxygens (including phenoxy) is 1. The van der Waals surface area contributed by atoms with Gasteiger partial charge in [-0.2, -0.15) is 0 Å². The minimum absolute atomic E-state index is 0.00826. The van der Waals surface area contributed by atoms with Crippen molar-refractivity contribution in [1.29, 1.82) is 0 Å². The van der Waals surface area contributed by atoms with Crippen LogP contribution in [0, 0.1) is 56.2 Å². The minimum Gasteiger partial charge on any atom is -0.481 e. The summed E-state index contributed by atoms with van der Waals surface area (Å²) in [7, 11) is 1.81. The molecule has 5 aliphatic carbocycles. The van der Waals surface area contributed by atoms with Crippen LogP contribution in [0.25, 0.3) is 0 Å². The third kappa shape index (κ3) is 6.63. The Morgan fingerprint density at radius 3 is 2.17 bits per heavy atom. The van der Waals surface area contributed by atoms with Crippen molar-refractivity contribution in [3.05, 3.63) is 11.1 Å². The molecular formula is C43H69N3O7. The Morgan fingerprint density at radius 2 is 1.57 bits per heavy atom. The lowest BCUT2D eigenvalue weighted by Gasteiger charge is -2.72. The number of carboxylic acid groups (broad SMARTS) is 1. The van der Waals surface area contributed by atoms with E-state index in [0.717, 1.165) is 56.1 Å². The Morgan fingerprint density at radius 1 is 0.906 bits per heavy atom. The SMILES string of the molecule is CC(C)NC(=O)NCCN(C)C(=O)[C@@]12CC[C@]3(C)[C@H](CC[C@@H]4[C@@]5(C)CC[C@H](OC(=O)CC(C)(C)C(=O)O)C(C)(C)[C@@H]5CC[C@]43C)C1=C(C(C)C)C(=O)C2. The van der Waals surface area contributed by atoms with E-state index in [1.807, 2.05) is 20.9 Å². The van der Waals surface area contributed by atoms with Crippen LogP contribution in [0.4, 0.5) is 4.79 Å². The number of hydrogen-bond donors (Lipinski definition) is 3. The van der Waals surface area contributed by atoms with Gasteiger partial charge in [-0.05, 0) is 130 Å². The predicted octanol–water partition coefficient (Wildman–Crippen LogP) is 7.55. The molecule has 0 unspecified atom stereocenters. The van der Waals surface area contributed by atoms with Crippen LogP contribution in [0.1, 0.15) is 140 Å². The number of aliphatic carboxylic acids is 1. The number of nitrogens with zero attached hydrogens (tertiary/aromatic N) is 1. The summed E-state index contributed by atoms with van der Waals surface area (Å²) in [5.41, 5.74) is -0.369. The summed E-state index contributed by atoms with van der Waals surface area (Å²) in [6.07, 6.45) is 7.05. The largest absolute Gasteiger partial charge is 0.481 e. The van der Waals surface area contributed by atoms with Crippen LogP contribution in [0.15, 0.2) is 11.1 Å². The smallest absolute Gasteiger partial charge is 0.315 e. The van der Waals surface area contributed by atoms with Crippen molar-refractivity contribution in [1.82, 2.24) is 15.5 Å². The summed E-state index contributed by atoms with van der Waals surface area (Å²) in [4.78, 5) is 67.5. The highest BCUT2D eigenvalue weighted by molar-refractivity contribution is 6.07. The molecule has 53 heavy (non-hydrogen) atoms. The van der Waals surface area contributed by atoms with Gasteiger partial charge in [0.15, 0.2) is 5.78 Å². The van der Waals surface area contributed by atoms with E-state index in [1.165, 1.54) is 0 Å². The van der Waals surface area contributed by atoms with Gasteiger partial charge in [-0.15, -0.1) is 0 Å². The van der Waals surface area contributed by atoms with Gasteiger partial charge in [0.1, 0.15) is 6.10 Å². The fraction of sp³-hybridized carbons (Fsp3) is 0.837. The van der Waals surface area contributed by atoms with E-state index in [4.69, 9.17) is 4.74 Å². The molecule has 4 fully saturated rings. The first-order valence-corrected chi connectivity index (χ1v) is 20.4. The molecule has 0 aromatic rings. The van der Waals surface area contributed by atoms with Crippen LogP contribution < -0.4 is 10.6 Å². The first-order chi connectivity index (χ1) is 24.4. The molecule has 0 aliphatic heterocycles. The van der Waals surface area contributed by atoms with Crippen LogP contribution in [0.5, 0.6) is 0 Å². The maximum Gasteiger partial charge on any atom is 0.315 e. The molecule has 0 aromatic carbocycles. The molecule has 298 valence electrons. The summed E-state index contributed by atoms with van der Waals surface area (Å²) in [5.74, 6) is -0.376. The molecule has 4 saturated carbocycles. The Hall–Kier alpha value is -2.91. The number of esters is 1. The van der Waals surface area contributed by atoms with Crippen LogP contribution >= 0.6 is 0 Å². The van der Waals surface area contributed by atoms with E-state index in [0.29, 0.717) is 31.3 Å². The van der Waals surface area contributed by atoms with Crippen molar-refractivity contribution in [3.8, 4) is 0 Å². The first kappa shape index (κ1) is 41.3. The predicted molar refractivity (Wildman–Crippen MR) is 205 cm³/mol. The second-order valence-corrected chi connectivity index (χ2v) is 20.3. The zero-order valence-corrected chi connectivity index (χ0v) is 34.8. The number of urea groups is 1. The summed E-state index contributed by atoms with van der Waals surface area (Å²) < 4.78 is 6.15. The van der Waals surface area contributed by atoms with Gasteiger partial charge in [0.2, 0.25) is 5.91 Å². The van der Waals surface area contributed by atoms with Crippen molar-refractivity contribution in [2.75, 3.05) is 20.1 Å². The van der Waals surface area contributed by atoms with Crippen LogP contribution in [0.2, 0.25) is 0 Å². The Kier molecular flexibility index (Phi) is 10.9. The van der Waals surface area contributed by atoms with E-state index in [2.05, 4.69) is 59.1 Å². The molecular weight excluding hydrogens is 670 g/mol. The maximum absolute atomic E-state index is 14.7. The molecule has 3 amide bonds. The van der Waals surface area contributed by atoms with Crippen molar-refractivity contribution in [3.63, 3.8) is 0 Å². The number of carbonyl (C=O) groups excluding carboxylic acids is 4. The minimum atomic E-state index is -1.18. The van der Waals surface area contributed by atoms with Gasteiger partial charge in [0.25, 0.3) is 0 Å². The van der Waals surface area contributed by atoms with Crippen molar-refractivity contribution < 1.29 is 33.8 Å². The summed E-state index contributed by atoms with van der Waals surface area (Å²) in [6, 6.07) is -0.237. The topological polar surface area (TPSA) is 142 Å². The van der Waals surface area contributed by atoms with Crippen LogP contribution in [-0.4, -0.2) is 71.9 Å². The van der Waals surface area contributed by atoms with Gasteiger partial charge in [-0.3, -0.25) is 19.2 Å². The second-order valence-electron chi connectivity index (χ2n) is 20.3. The monoisotopic (exact) mass is 740 g/mol. The fourth-order valence-electron chi connectivity index (χ4n) is 12.8. The Bertz CT molecular complexity index is 1550. The van der Waals surface area contributed by atoms with E-state index in [-0.39, 0.29) is 76.2 Å². The van der Waals surface area contributed by atoms with E-state index < -0.39 is 22.8 Å². The highest BCUT2D eigenvalue weighted by Crippen LogP contribution is 2.76. The standard InChI is InChI=1S/C43H69N3O7/c1-25(2)33-28(47)23-43(35(49)46(12)22-21-44-37(52)45-26(3)4)20-19-41(10)27(34(33)43)13-14-30-40(9)17-16-31(53-32(48)24-38(5,6)36(50)51)39(7,8)29(40)15-18-42(30,41)11/h25-27,29-31H,13-24H2,1-12H3,(H,50,51)(H2,44,45,52)/t27-,29+,30-,31+,40+,41-,42-,43-/m1/s1. The third-order valence-corrected chi connectivity index (χ3v) is 15.7. The lowest BCUT2D eigenvalue weighted by molar-refractivity contribution is -0.233. The van der Waals surface area contributed by atoms with E-state index in [9.17, 15) is 29.1 Å². The maximum atomic E-state index is 14.7. The van der Waals surface area contributed by atoms with Gasteiger partial charge < -0.3 is 25.4 Å². The molecule has 0 radical (unpaired) electrons. The number of Topliss-reactive ketones (excluding diaryl/α,β-unsaturated/α-hetero) is 1. The number of carboxylic acids is 1. The highest BCUT2D eigenvalue weighted by atomic mass is 16.5. The lowest BCUT2D eigenvalue weighted by Crippen LogP contribution is -2.66. The molecule has 0 heterocycles. The number of ketones is 1. The average molecular weight is 740 g/mol. The molecule has 3 N–H and O–H groups in total. The number of nitrogens with one attached hydrogen (secondary N) is 2. The lowest BCUT2D eigenvalue weighted by atomic mass is 9.33. The van der Waals surface area contributed by atoms with Gasteiger partial charge in [-0.1, -0.05) is 48.5 Å². The number of fused-ring (bicyclic) bond motifs is 7. The number of carbonyl (C=O) groups is 5. The number of hydrogen-bond acceptors (Lipinski definition) is 6. The molecule has 0 spiro atoms. The number of allylic oxidation sites excluding steroid dienone is 1. The van der Waals surface area contributed by atoms with Gasteiger partial charge in [0.05, 0.1) is 17.3 Å². The summed E-state index contributed by atoms with van der Waals surface area (Å²) in [6.45, 7) is 23.8. The molecule has 10 nitrogen and oxygen atoms in total. The molecule has 5 rings (SSSR count). The number of rotatable bonds is 10. The quantitative estimate of drug-likeness (QED) is 0.197.